The SMILES string of the molecule is COc1cc(OCCSc2ccccc2)cc(C(N)=S)c1. The van der Waals surface area contributed by atoms with Crippen molar-refractivity contribution in [2.45, 2.75) is 4.90 Å². The molecule has 0 saturated carbocycles. The first kappa shape index (κ1) is 15.7. The summed E-state index contributed by atoms with van der Waals surface area (Å²) in [6, 6.07) is 15.7. The van der Waals surface area contributed by atoms with E-state index in [0.717, 1.165) is 11.3 Å². The quantitative estimate of drug-likeness (QED) is 0.481. The molecule has 0 spiro atoms. The number of hydrogen-bond acceptors (Lipinski definition) is 4. The van der Waals surface area contributed by atoms with Gasteiger partial charge < -0.3 is 15.2 Å². The predicted molar refractivity (Wildman–Crippen MR) is 91.5 cm³/mol. The van der Waals surface area contributed by atoms with Crippen molar-refractivity contribution in [2.75, 3.05) is 19.5 Å². The van der Waals surface area contributed by atoms with Gasteiger partial charge in [0.1, 0.15) is 16.5 Å². The summed E-state index contributed by atoms with van der Waals surface area (Å²) in [5.41, 5.74) is 6.40. The molecule has 3 nitrogen and oxygen atoms in total. The Hall–Kier alpha value is -1.72. The average Bonchev–Trinajstić information content (AvgIpc) is 2.52. The van der Waals surface area contributed by atoms with Crippen LogP contribution in [-0.4, -0.2) is 24.5 Å². The van der Waals surface area contributed by atoms with Gasteiger partial charge in [0.2, 0.25) is 0 Å². The molecule has 0 fully saturated rings. The first-order valence-electron chi connectivity index (χ1n) is 6.48. The smallest absolute Gasteiger partial charge is 0.123 e. The van der Waals surface area contributed by atoms with Crippen molar-refractivity contribution in [1.29, 1.82) is 0 Å². The molecule has 2 aromatic rings. The number of hydrogen-bond donors (Lipinski definition) is 1. The molecule has 0 bridgehead atoms. The van der Waals surface area contributed by atoms with Crippen LogP contribution in [0.2, 0.25) is 0 Å². The highest BCUT2D eigenvalue weighted by Gasteiger charge is 2.04. The van der Waals surface area contributed by atoms with E-state index in [1.54, 1.807) is 24.9 Å². The van der Waals surface area contributed by atoms with Crippen LogP contribution in [0.1, 0.15) is 5.56 Å². The summed E-state index contributed by atoms with van der Waals surface area (Å²) in [4.78, 5) is 1.56. The molecule has 0 heterocycles. The fourth-order valence-corrected chi connectivity index (χ4v) is 2.62. The highest BCUT2D eigenvalue weighted by molar-refractivity contribution is 7.99. The first-order chi connectivity index (χ1) is 10.2. The Kier molecular flexibility index (Phi) is 5.90. The van der Waals surface area contributed by atoms with Gasteiger partial charge in [-0.2, -0.15) is 0 Å². The van der Waals surface area contributed by atoms with Crippen LogP contribution in [0.15, 0.2) is 53.4 Å². The van der Waals surface area contributed by atoms with Gasteiger partial charge in [-0.25, -0.2) is 0 Å². The number of rotatable bonds is 7. The van der Waals surface area contributed by atoms with Gasteiger partial charge in [-0.15, -0.1) is 11.8 Å². The summed E-state index contributed by atoms with van der Waals surface area (Å²) in [5, 5.41) is 0. The summed E-state index contributed by atoms with van der Waals surface area (Å²) in [5.74, 6) is 2.26. The molecule has 0 unspecified atom stereocenters. The van der Waals surface area contributed by atoms with Crippen LogP contribution < -0.4 is 15.2 Å². The molecule has 0 amide bonds. The van der Waals surface area contributed by atoms with Crippen LogP contribution in [0.3, 0.4) is 0 Å². The lowest BCUT2D eigenvalue weighted by molar-refractivity contribution is 0.339. The van der Waals surface area contributed by atoms with Gasteiger partial charge in [-0.1, -0.05) is 30.4 Å². The highest BCUT2D eigenvalue weighted by Crippen LogP contribution is 2.23. The fourth-order valence-electron chi connectivity index (χ4n) is 1.75. The van der Waals surface area contributed by atoms with Gasteiger partial charge in [0, 0.05) is 22.3 Å². The molecule has 0 aliphatic heterocycles. The van der Waals surface area contributed by atoms with Gasteiger partial charge in [0.05, 0.1) is 13.7 Å². The maximum atomic E-state index is 5.75. The Morgan fingerprint density at radius 3 is 2.52 bits per heavy atom. The van der Waals surface area contributed by atoms with Crippen LogP contribution in [0.4, 0.5) is 0 Å². The lowest BCUT2D eigenvalue weighted by Crippen LogP contribution is -2.10. The molecule has 21 heavy (non-hydrogen) atoms. The number of methoxy groups -OCH3 is 1. The number of nitrogens with two attached hydrogens (primary N) is 1. The molecule has 0 aliphatic rings. The third-order valence-electron chi connectivity index (χ3n) is 2.76. The van der Waals surface area contributed by atoms with Crippen LogP contribution in [-0.2, 0) is 0 Å². The van der Waals surface area contributed by atoms with Crippen LogP contribution in [0.5, 0.6) is 11.5 Å². The largest absolute Gasteiger partial charge is 0.497 e. The molecule has 2 N–H and O–H groups in total. The Bertz CT molecular complexity index is 602. The van der Waals surface area contributed by atoms with E-state index in [2.05, 4.69) is 12.1 Å². The second kappa shape index (κ2) is 7.90. The van der Waals surface area contributed by atoms with Crippen LogP contribution >= 0.6 is 24.0 Å². The van der Waals surface area contributed by atoms with Crippen molar-refractivity contribution in [1.82, 2.24) is 0 Å². The second-order valence-corrected chi connectivity index (χ2v) is 5.88. The maximum absolute atomic E-state index is 5.75. The Morgan fingerprint density at radius 1 is 1.14 bits per heavy atom. The van der Waals surface area contributed by atoms with Crippen molar-refractivity contribution in [3.8, 4) is 11.5 Å². The monoisotopic (exact) mass is 319 g/mol. The van der Waals surface area contributed by atoms with Crippen LogP contribution in [0.25, 0.3) is 0 Å². The van der Waals surface area contributed by atoms with Crippen molar-refractivity contribution in [3.63, 3.8) is 0 Å². The topological polar surface area (TPSA) is 44.5 Å². The van der Waals surface area contributed by atoms with E-state index in [4.69, 9.17) is 27.4 Å². The first-order valence-corrected chi connectivity index (χ1v) is 7.88. The Morgan fingerprint density at radius 2 is 1.86 bits per heavy atom. The van der Waals surface area contributed by atoms with Gasteiger partial charge in [0.15, 0.2) is 0 Å². The second-order valence-electron chi connectivity index (χ2n) is 4.27. The number of benzene rings is 2. The summed E-state index contributed by atoms with van der Waals surface area (Å²) in [7, 11) is 1.60. The number of thiocarbonyl (C=S) groups is 1. The molecule has 0 radical (unpaired) electrons. The number of ether oxygens (including phenoxy) is 2. The third kappa shape index (κ3) is 4.95. The summed E-state index contributed by atoms with van der Waals surface area (Å²) >= 11 is 6.74. The van der Waals surface area contributed by atoms with E-state index < -0.39 is 0 Å². The summed E-state index contributed by atoms with van der Waals surface area (Å²) < 4.78 is 11.0. The van der Waals surface area contributed by atoms with Crippen molar-refractivity contribution in [2.24, 2.45) is 5.73 Å². The van der Waals surface area contributed by atoms with E-state index >= 15 is 0 Å². The van der Waals surface area contributed by atoms with Crippen molar-refractivity contribution < 1.29 is 9.47 Å². The van der Waals surface area contributed by atoms with Gasteiger partial charge >= 0.3 is 0 Å². The molecule has 0 saturated heterocycles. The standard InChI is InChI=1S/C16H17NO2S2/c1-18-13-9-12(16(17)20)10-14(11-13)19-7-8-21-15-5-3-2-4-6-15/h2-6,9-11H,7-8H2,1H3,(H2,17,20). The Labute approximate surface area is 134 Å². The lowest BCUT2D eigenvalue weighted by Gasteiger charge is -2.10. The number of thioether (sulfide) groups is 1. The molecular formula is C16H17NO2S2. The average molecular weight is 319 g/mol. The lowest BCUT2D eigenvalue weighted by atomic mass is 10.2. The van der Waals surface area contributed by atoms with E-state index in [0.29, 0.717) is 23.1 Å². The maximum Gasteiger partial charge on any atom is 0.123 e. The minimum atomic E-state index is 0.331. The minimum absolute atomic E-state index is 0.331. The molecular weight excluding hydrogens is 302 g/mol. The van der Waals surface area contributed by atoms with Crippen molar-refractivity contribution in [3.05, 3.63) is 54.1 Å². The van der Waals surface area contributed by atoms with Gasteiger partial charge in [-0.3, -0.25) is 0 Å². The van der Waals surface area contributed by atoms with E-state index in [1.165, 1.54) is 4.90 Å². The summed E-state index contributed by atoms with van der Waals surface area (Å²) in [6.07, 6.45) is 0. The zero-order valence-corrected chi connectivity index (χ0v) is 13.4. The molecule has 0 aliphatic carbocycles. The van der Waals surface area contributed by atoms with E-state index in [-0.39, 0.29) is 0 Å². The molecule has 2 aromatic carbocycles. The van der Waals surface area contributed by atoms with E-state index in [9.17, 15) is 0 Å². The zero-order chi connectivity index (χ0) is 15.1. The molecule has 0 atom stereocenters. The van der Waals surface area contributed by atoms with Gasteiger partial charge in [0.25, 0.3) is 0 Å². The van der Waals surface area contributed by atoms with E-state index in [1.807, 2.05) is 30.3 Å². The molecule has 2 rings (SSSR count). The zero-order valence-electron chi connectivity index (χ0n) is 11.7. The van der Waals surface area contributed by atoms with Crippen molar-refractivity contribution >= 4 is 29.0 Å². The highest BCUT2D eigenvalue weighted by atomic mass is 32.2. The molecule has 0 aromatic heterocycles. The summed E-state index contributed by atoms with van der Waals surface area (Å²) in [6.45, 7) is 0.601. The normalized spacial score (nSPS) is 10.1. The Balaban J connectivity index is 1.90. The fraction of sp³-hybridized carbons (Fsp3) is 0.188. The third-order valence-corrected chi connectivity index (χ3v) is 3.98. The van der Waals surface area contributed by atoms with Gasteiger partial charge in [-0.05, 0) is 24.3 Å². The minimum Gasteiger partial charge on any atom is -0.497 e. The molecule has 5 heteroatoms. The van der Waals surface area contributed by atoms with Crippen LogP contribution in [0, 0.1) is 0 Å². The molecule has 110 valence electrons. The predicted octanol–water partition coefficient (Wildman–Crippen LogP) is 3.50.